The number of hydrogen-bond acceptors (Lipinski definition) is 3. The molecular weight excluding hydrogens is 909 g/mol. The summed E-state index contributed by atoms with van der Waals surface area (Å²) < 4.78 is 2.69. The summed E-state index contributed by atoms with van der Waals surface area (Å²) in [6.45, 7) is 0. The maximum atomic E-state index is 5.46. The van der Waals surface area contributed by atoms with E-state index in [-0.39, 0.29) is 0 Å². The molecule has 4 heteroatoms. The molecule has 11 aromatic carbocycles. The Bertz CT molecular complexity index is 4430. The third-order valence-corrected chi connectivity index (χ3v) is 17.0. The zero-order chi connectivity index (χ0) is 49.0. The van der Waals surface area contributed by atoms with Crippen LogP contribution in [-0.2, 0) is 10.8 Å². The number of fused-ring (bicyclic) bond motifs is 15. The van der Waals surface area contributed by atoms with Crippen LogP contribution in [0.4, 0.5) is 0 Å². The van der Waals surface area contributed by atoms with Gasteiger partial charge in [0.05, 0.1) is 27.6 Å². The lowest BCUT2D eigenvalue weighted by Gasteiger charge is -2.46. The second-order valence-electron chi connectivity index (χ2n) is 20.5. The maximum absolute atomic E-state index is 5.46. The van der Waals surface area contributed by atoms with Gasteiger partial charge < -0.3 is 4.57 Å². The second-order valence-corrected chi connectivity index (χ2v) is 20.5. The smallest absolute Gasteiger partial charge is 0.164 e. The average Bonchev–Trinajstić information content (AvgIpc) is 4.32. The Hall–Kier alpha value is -9.77. The lowest BCUT2D eigenvalue weighted by atomic mass is 9.60. The van der Waals surface area contributed by atoms with E-state index in [1.807, 2.05) is 12.1 Å². The molecule has 0 saturated heterocycles. The fourth-order valence-electron chi connectivity index (χ4n) is 14.1. The van der Waals surface area contributed by atoms with Gasteiger partial charge in [-0.05, 0) is 125 Å². The van der Waals surface area contributed by atoms with E-state index < -0.39 is 10.8 Å². The first-order valence-electron chi connectivity index (χ1n) is 25.9. The van der Waals surface area contributed by atoms with E-state index in [1.54, 1.807) is 0 Å². The molecule has 4 aliphatic rings. The number of benzene rings is 11. The molecule has 0 atom stereocenters. The van der Waals surface area contributed by atoms with E-state index in [2.05, 4.69) is 247 Å². The van der Waals surface area contributed by atoms with Gasteiger partial charge in [-0.15, -0.1) is 0 Å². The van der Waals surface area contributed by atoms with Crippen LogP contribution in [0, 0.1) is 0 Å². The summed E-state index contributed by atoms with van der Waals surface area (Å²) in [5.74, 6) is 1.90. The summed E-state index contributed by atoms with van der Waals surface area (Å²) in [7, 11) is 0. The van der Waals surface area contributed by atoms with Crippen LogP contribution in [0.15, 0.2) is 255 Å². The molecule has 0 N–H and O–H groups in total. The third kappa shape index (κ3) is 5.22. The largest absolute Gasteiger partial charge is 0.308 e. The Morgan fingerprint density at radius 3 is 0.933 bits per heavy atom. The van der Waals surface area contributed by atoms with Gasteiger partial charge in [0.2, 0.25) is 0 Å². The molecule has 0 radical (unpaired) electrons. The van der Waals surface area contributed by atoms with Crippen molar-refractivity contribution in [2.75, 3.05) is 0 Å². The Balaban J connectivity index is 1.13. The molecule has 2 aromatic heterocycles. The molecule has 4 nitrogen and oxygen atoms in total. The van der Waals surface area contributed by atoms with Crippen LogP contribution < -0.4 is 0 Å². The van der Waals surface area contributed by atoms with Gasteiger partial charge in [-0.25, -0.2) is 15.0 Å². The Kier molecular flexibility index (Phi) is 8.11. The minimum Gasteiger partial charge on any atom is -0.308 e. The van der Waals surface area contributed by atoms with E-state index in [9.17, 15) is 0 Å². The molecule has 17 rings (SSSR count). The molecule has 75 heavy (non-hydrogen) atoms. The van der Waals surface area contributed by atoms with Crippen LogP contribution in [0.25, 0.3) is 106 Å². The zero-order valence-corrected chi connectivity index (χ0v) is 40.5. The molecule has 0 bridgehead atoms. The van der Waals surface area contributed by atoms with Gasteiger partial charge in [0, 0.05) is 27.5 Å². The summed E-state index contributed by atoms with van der Waals surface area (Å²) in [6, 6.07) is 94.4. The normalized spacial score (nSPS) is 14.1. The third-order valence-electron chi connectivity index (χ3n) is 17.0. The molecule has 4 heterocycles. The van der Waals surface area contributed by atoms with Gasteiger partial charge >= 0.3 is 0 Å². The Morgan fingerprint density at radius 2 is 0.533 bits per heavy atom. The fourth-order valence-corrected chi connectivity index (χ4v) is 14.1. The van der Waals surface area contributed by atoms with Crippen molar-refractivity contribution in [3.05, 3.63) is 299 Å². The molecule has 0 unspecified atom stereocenters. The minimum atomic E-state index is -0.767. The molecule has 0 amide bonds. The maximum Gasteiger partial charge on any atom is 0.164 e. The molecule has 0 fully saturated rings. The first-order chi connectivity index (χ1) is 37.2. The van der Waals surface area contributed by atoms with Crippen LogP contribution in [0.3, 0.4) is 0 Å². The van der Waals surface area contributed by atoms with Crippen molar-refractivity contribution in [3.8, 4) is 84.4 Å². The predicted molar refractivity (Wildman–Crippen MR) is 303 cm³/mol. The van der Waals surface area contributed by atoms with E-state index in [0.717, 1.165) is 16.7 Å². The quantitative estimate of drug-likeness (QED) is 0.173. The minimum absolute atomic E-state index is 0.630. The van der Waals surface area contributed by atoms with E-state index in [0.29, 0.717) is 17.5 Å². The van der Waals surface area contributed by atoms with Crippen LogP contribution in [0.5, 0.6) is 0 Å². The zero-order valence-electron chi connectivity index (χ0n) is 40.5. The monoisotopic (exact) mass is 950 g/mol. The van der Waals surface area contributed by atoms with Crippen LogP contribution in [0.1, 0.15) is 44.5 Å². The number of hydrogen-bond donors (Lipinski definition) is 0. The van der Waals surface area contributed by atoms with Crippen molar-refractivity contribution < 1.29 is 0 Å². The van der Waals surface area contributed by atoms with Gasteiger partial charge in [0.25, 0.3) is 0 Å². The first kappa shape index (κ1) is 40.8. The highest BCUT2D eigenvalue weighted by Gasteiger charge is 2.57. The van der Waals surface area contributed by atoms with Crippen LogP contribution in [-0.4, -0.2) is 19.5 Å². The van der Waals surface area contributed by atoms with Gasteiger partial charge in [0.15, 0.2) is 17.5 Å². The summed E-state index contributed by atoms with van der Waals surface area (Å²) in [6.07, 6.45) is 0. The van der Waals surface area contributed by atoms with E-state index in [1.165, 1.54) is 117 Å². The van der Waals surface area contributed by atoms with Crippen LogP contribution in [0.2, 0.25) is 0 Å². The van der Waals surface area contributed by atoms with Crippen LogP contribution >= 0.6 is 0 Å². The lowest BCUT2D eigenvalue weighted by molar-refractivity contribution is 0.702. The molecule has 13 aromatic rings. The van der Waals surface area contributed by atoms with E-state index >= 15 is 0 Å². The summed E-state index contributed by atoms with van der Waals surface area (Å²) in [4.78, 5) is 16.1. The van der Waals surface area contributed by atoms with Gasteiger partial charge in [-0.2, -0.15) is 0 Å². The first-order valence-corrected chi connectivity index (χ1v) is 25.9. The topological polar surface area (TPSA) is 43.6 Å². The van der Waals surface area contributed by atoms with Crippen molar-refractivity contribution in [2.45, 2.75) is 10.8 Å². The Labute approximate surface area is 433 Å². The summed E-state index contributed by atoms with van der Waals surface area (Å²) >= 11 is 0. The highest BCUT2D eigenvalue weighted by Crippen LogP contribution is 2.68. The highest BCUT2D eigenvalue weighted by molar-refractivity contribution is 6.18. The standard InChI is InChI=1S/C71H42N4/c1-5-21-43(22-6-1)47-37-54-55-38-49(69-73-67(45-25-9-3-10-26-45)72-68(74-69)46-27-11-4-12-28-46)42-61-65(55)75-64(54)60(39-47)70(56-33-17-13-29-50(56)51-30-14-18-34-57(51)70)62-40-48(44-23-7-2-8-24-44)41-63(66(62)75)71(61)58-35-19-15-31-52(58)53-32-16-20-36-59(53)71/h1-42H. The molecule has 2 aliphatic carbocycles. The lowest BCUT2D eigenvalue weighted by Crippen LogP contribution is -2.39. The molecule has 0 saturated carbocycles. The van der Waals surface area contributed by atoms with Gasteiger partial charge in [-0.3, -0.25) is 0 Å². The molecule has 346 valence electrons. The second kappa shape index (κ2) is 14.9. The van der Waals surface area contributed by atoms with Gasteiger partial charge in [0.1, 0.15) is 0 Å². The predicted octanol–water partition coefficient (Wildman–Crippen LogP) is 16.7. The number of nitrogens with zero attached hydrogens (tertiary/aromatic N) is 4. The molecule has 2 spiro atoms. The van der Waals surface area contributed by atoms with Crippen molar-refractivity contribution in [2.24, 2.45) is 0 Å². The van der Waals surface area contributed by atoms with Gasteiger partial charge in [-0.1, -0.05) is 218 Å². The van der Waals surface area contributed by atoms with Crippen molar-refractivity contribution in [1.29, 1.82) is 0 Å². The SMILES string of the molecule is c1ccc(-c2cc3c4c(c2)C2(c5ccccc5-c5ccccc52)c2cc(-c5nc(-c6ccccc6)nc(-c6ccccc6)n5)cc5c6cc(-c7ccccc7)cc(c6n-4c25)C32c3ccccc3-c3ccccc32)cc1. The summed E-state index contributed by atoms with van der Waals surface area (Å²) in [5, 5.41) is 2.37. The highest BCUT2D eigenvalue weighted by atomic mass is 15.0. The van der Waals surface area contributed by atoms with E-state index in [4.69, 9.17) is 15.0 Å². The fraction of sp³-hybridized carbons (Fsp3) is 0.0282. The molecule has 2 aliphatic heterocycles. The Morgan fingerprint density at radius 1 is 0.240 bits per heavy atom. The average molecular weight is 951 g/mol. The molecular formula is C71H42N4. The van der Waals surface area contributed by atoms with Crippen molar-refractivity contribution >= 4 is 21.8 Å². The number of aromatic nitrogens is 4. The number of rotatable bonds is 5. The van der Waals surface area contributed by atoms with Crippen molar-refractivity contribution in [1.82, 2.24) is 19.5 Å². The van der Waals surface area contributed by atoms with Crippen molar-refractivity contribution in [3.63, 3.8) is 0 Å². The summed E-state index contributed by atoms with van der Waals surface area (Å²) in [5.41, 5.74) is 25.0.